The van der Waals surface area contributed by atoms with Crippen LogP contribution in [0, 0.1) is 6.92 Å². The Morgan fingerprint density at radius 1 is 1.32 bits per heavy atom. The standard InChI is InChI=1S/C14H20F3NO/c1-3-18-13(9-19-10-14(15,16)17)8-12-6-4-5-11(2)7-12/h4-7,13,18H,3,8-10H2,1-2H3. The summed E-state index contributed by atoms with van der Waals surface area (Å²) in [5.41, 5.74) is 2.24. The van der Waals surface area contributed by atoms with Crippen LogP contribution < -0.4 is 5.32 Å². The van der Waals surface area contributed by atoms with E-state index in [0.717, 1.165) is 11.1 Å². The highest BCUT2D eigenvalue weighted by molar-refractivity contribution is 5.23. The molecule has 1 rings (SSSR count). The number of ether oxygens (including phenoxy) is 1. The highest BCUT2D eigenvalue weighted by atomic mass is 19.4. The minimum Gasteiger partial charge on any atom is -0.370 e. The Hall–Kier alpha value is -1.07. The third-order valence-corrected chi connectivity index (χ3v) is 2.64. The normalized spacial score (nSPS) is 13.5. The predicted octanol–water partition coefficient (Wildman–Crippen LogP) is 3.09. The number of nitrogens with one attached hydrogen (secondary N) is 1. The molecule has 0 aliphatic carbocycles. The van der Waals surface area contributed by atoms with Crippen molar-refractivity contribution < 1.29 is 17.9 Å². The second kappa shape index (κ2) is 7.50. The van der Waals surface area contributed by atoms with E-state index in [9.17, 15) is 13.2 Å². The lowest BCUT2D eigenvalue weighted by Crippen LogP contribution is -2.36. The summed E-state index contributed by atoms with van der Waals surface area (Å²) in [6.45, 7) is 3.48. The van der Waals surface area contributed by atoms with Gasteiger partial charge in [0.2, 0.25) is 0 Å². The van der Waals surface area contributed by atoms with Crippen molar-refractivity contribution in [3.63, 3.8) is 0 Å². The number of halogens is 3. The molecule has 0 amide bonds. The van der Waals surface area contributed by atoms with Crippen LogP contribution >= 0.6 is 0 Å². The van der Waals surface area contributed by atoms with Gasteiger partial charge in [0, 0.05) is 6.04 Å². The average Bonchev–Trinajstić information content (AvgIpc) is 2.27. The van der Waals surface area contributed by atoms with Gasteiger partial charge in [-0.1, -0.05) is 36.8 Å². The zero-order valence-corrected chi connectivity index (χ0v) is 11.3. The number of hydrogen-bond acceptors (Lipinski definition) is 2. The van der Waals surface area contributed by atoms with Gasteiger partial charge >= 0.3 is 6.18 Å². The van der Waals surface area contributed by atoms with Gasteiger partial charge in [-0.2, -0.15) is 13.2 Å². The molecule has 0 saturated carbocycles. The second-order valence-electron chi connectivity index (χ2n) is 4.58. The van der Waals surface area contributed by atoms with Gasteiger partial charge in [-0.05, 0) is 25.5 Å². The van der Waals surface area contributed by atoms with Crippen LogP contribution in [-0.4, -0.2) is 32.0 Å². The number of aryl methyl sites for hydroxylation is 1. The van der Waals surface area contributed by atoms with Gasteiger partial charge in [-0.25, -0.2) is 0 Å². The average molecular weight is 275 g/mol. The molecule has 0 fully saturated rings. The maximum absolute atomic E-state index is 12.0. The molecule has 2 nitrogen and oxygen atoms in total. The van der Waals surface area contributed by atoms with E-state index in [1.807, 2.05) is 38.1 Å². The third kappa shape index (κ3) is 7.18. The lowest BCUT2D eigenvalue weighted by Gasteiger charge is -2.19. The predicted molar refractivity (Wildman–Crippen MR) is 69.2 cm³/mol. The van der Waals surface area contributed by atoms with Crippen molar-refractivity contribution >= 4 is 0 Å². The number of benzene rings is 1. The summed E-state index contributed by atoms with van der Waals surface area (Å²) in [6.07, 6.45) is -3.60. The van der Waals surface area contributed by atoms with E-state index in [-0.39, 0.29) is 12.6 Å². The van der Waals surface area contributed by atoms with Gasteiger partial charge in [-0.15, -0.1) is 0 Å². The molecule has 0 aliphatic heterocycles. The summed E-state index contributed by atoms with van der Waals surface area (Å²) in [4.78, 5) is 0. The zero-order chi connectivity index (χ0) is 14.3. The van der Waals surface area contributed by atoms with Crippen molar-refractivity contribution in [1.29, 1.82) is 0 Å². The molecule has 1 N–H and O–H groups in total. The molecule has 1 aromatic carbocycles. The van der Waals surface area contributed by atoms with Crippen molar-refractivity contribution in [2.24, 2.45) is 0 Å². The number of rotatable bonds is 7. The van der Waals surface area contributed by atoms with E-state index >= 15 is 0 Å². The van der Waals surface area contributed by atoms with E-state index in [1.165, 1.54) is 0 Å². The van der Waals surface area contributed by atoms with Gasteiger partial charge in [0.1, 0.15) is 6.61 Å². The smallest absolute Gasteiger partial charge is 0.370 e. The Bertz CT molecular complexity index is 379. The molecule has 5 heteroatoms. The molecule has 0 bridgehead atoms. The highest BCUT2D eigenvalue weighted by Gasteiger charge is 2.27. The van der Waals surface area contributed by atoms with Crippen LogP contribution in [0.15, 0.2) is 24.3 Å². The zero-order valence-electron chi connectivity index (χ0n) is 11.3. The molecular weight excluding hydrogens is 255 g/mol. The summed E-state index contributed by atoms with van der Waals surface area (Å²) >= 11 is 0. The maximum atomic E-state index is 12.0. The van der Waals surface area contributed by atoms with Crippen molar-refractivity contribution in [2.45, 2.75) is 32.5 Å². The number of likely N-dealkylation sites (N-methyl/N-ethyl adjacent to an activating group) is 1. The maximum Gasteiger partial charge on any atom is 0.411 e. The first-order chi connectivity index (χ1) is 8.90. The molecule has 0 spiro atoms. The summed E-state index contributed by atoms with van der Waals surface area (Å²) in [6, 6.07) is 7.85. The van der Waals surface area contributed by atoms with E-state index in [0.29, 0.717) is 13.0 Å². The van der Waals surface area contributed by atoms with Crippen LogP contribution in [0.25, 0.3) is 0 Å². The van der Waals surface area contributed by atoms with Gasteiger partial charge < -0.3 is 10.1 Å². The summed E-state index contributed by atoms with van der Waals surface area (Å²) in [5, 5.41) is 3.14. The molecule has 0 aromatic heterocycles. The Labute approximate surface area is 112 Å². The molecule has 0 radical (unpaired) electrons. The van der Waals surface area contributed by atoms with Crippen molar-refractivity contribution in [3.8, 4) is 0 Å². The molecule has 0 heterocycles. The van der Waals surface area contributed by atoms with Crippen LogP contribution in [0.4, 0.5) is 13.2 Å². The van der Waals surface area contributed by atoms with Gasteiger partial charge in [0.05, 0.1) is 6.61 Å². The van der Waals surface area contributed by atoms with Gasteiger partial charge in [0.25, 0.3) is 0 Å². The SMILES string of the molecule is CCNC(COCC(F)(F)F)Cc1cccc(C)c1. The third-order valence-electron chi connectivity index (χ3n) is 2.64. The Morgan fingerprint density at radius 2 is 2.05 bits per heavy atom. The lowest BCUT2D eigenvalue weighted by atomic mass is 10.0. The largest absolute Gasteiger partial charge is 0.411 e. The van der Waals surface area contributed by atoms with E-state index in [2.05, 4.69) is 5.32 Å². The molecular formula is C14H20F3NO. The minimum atomic E-state index is -4.26. The number of alkyl halides is 3. The molecule has 0 aliphatic rings. The summed E-state index contributed by atoms with van der Waals surface area (Å²) < 4.78 is 40.8. The fourth-order valence-electron chi connectivity index (χ4n) is 1.92. The Balaban J connectivity index is 2.48. The van der Waals surface area contributed by atoms with Crippen LogP contribution in [0.1, 0.15) is 18.1 Å². The Morgan fingerprint density at radius 3 is 2.63 bits per heavy atom. The summed E-state index contributed by atoms with van der Waals surface area (Å²) in [5.74, 6) is 0. The molecule has 1 aromatic rings. The van der Waals surface area contributed by atoms with Crippen LogP contribution in [-0.2, 0) is 11.2 Å². The van der Waals surface area contributed by atoms with Crippen molar-refractivity contribution in [1.82, 2.24) is 5.32 Å². The number of hydrogen-bond donors (Lipinski definition) is 1. The molecule has 19 heavy (non-hydrogen) atoms. The molecule has 1 atom stereocenters. The first-order valence-electron chi connectivity index (χ1n) is 6.34. The minimum absolute atomic E-state index is 0.0568. The molecule has 0 saturated heterocycles. The quantitative estimate of drug-likeness (QED) is 0.825. The fraction of sp³-hybridized carbons (Fsp3) is 0.571. The topological polar surface area (TPSA) is 21.3 Å². The van der Waals surface area contributed by atoms with Crippen LogP contribution in [0.2, 0.25) is 0 Å². The van der Waals surface area contributed by atoms with Gasteiger partial charge in [0.15, 0.2) is 0 Å². The van der Waals surface area contributed by atoms with Gasteiger partial charge in [-0.3, -0.25) is 0 Å². The van der Waals surface area contributed by atoms with Crippen LogP contribution in [0.5, 0.6) is 0 Å². The van der Waals surface area contributed by atoms with Crippen molar-refractivity contribution in [3.05, 3.63) is 35.4 Å². The first kappa shape index (κ1) is 16.0. The summed E-state index contributed by atoms with van der Waals surface area (Å²) in [7, 11) is 0. The Kier molecular flexibility index (Phi) is 6.31. The van der Waals surface area contributed by atoms with E-state index in [4.69, 9.17) is 4.74 Å². The van der Waals surface area contributed by atoms with E-state index < -0.39 is 12.8 Å². The van der Waals surface area contributed by atoms with E-state index in [1.54, 1.807) is 0 Å². The monoisotopic (exact) mass is 275 g/mol. The highest BCUT2D eigenvalue weighted by Crippen LogP contribution is 2.15. The molecule has 1 unspecified atom stereocenters. The second-order valence-corrected chi connectivity index (χ2v) is 4.58. The van der Waals surface area contributed by atoms with Crippen molar-refractivity contribution in [2.75, 3.05) is 19.8 Å². The van der Waals surface area contributed by atoms with Crippen LogP contribution in [0.3, 0.4) is 0 Å². The lowest BCUT2D eigenvalue weighted by molar-refractivity contribution is -0.175. The first-order valence-corrected chi connectivity index (χ1v) is 6.34. The molecule has 108 valence electrons. The fourth-order valence-corrected chi connectivity index (χ4v) is 1.92.